The van der Waals surface area contributed by atoms with E-state index < -0.39 is 6.09 Å². The number of primary amides is 1. The van der Waals surface area contributed by atoms with Gasteiger partial charge in [-0.25, -0.2) is 4.79 Å². The summed E-state index contributed by atoms with van der Waals surface area (Å²) in [6.07, 6.45) is 3.31. The monoisotopic (exact) mass is 419 g/mol. The Balaban J connectivity index is 1.81. The fraction of sp³-hybridized carbons (Fsp3) is 0.545. The van der Waals surface area contributed by atoms with E-state index in [1.807, 2.05) is 32.2 Å². The number of aromatic nitrogens is 1. The predicted octanol–water partition coefficient (Wildman–Crippen LogP) is 4.63. The normalized spacial score (nSPS) is 21.3. The number of rotatable bonds is 7. The second-order valence-corrected chi connectivity index (χ2v) is 9.68. The van der Waals surface area contributed by atoms with Crippen molar-refractivity contribution in [2.45, 2.75) is 58.6 Å². The molecular formula is C22H30FN3O2S. The molecule has 0 saturated carbocycles. The number of aryl methyl sites for hydroxylation is 2. The number of hydrogen-bond acceptors (Lipinski definition) is 5. The van der Waals surface area contributed by atoms with Crippen LogP contribution >= 0.6 is 11.3 Å². The van der Waals surface area contributed by atoms with Gasteiger partial charge in [-0.3, -0.25) is 9.88 Å². The van der Waals surface area contributed by atoms with E-state index >= 15 is 0 Å². The Morgan fingerprint density at radius 3 is 2.76 bits per heavy atom. The maximum Gasteiger partial charge on any atom is 0.404 e. The standard InChI is InChI=1S/C22H30FN3O2S/c1-15-5-6-17(13-25-15)21(3,4)26-12-11-22(14-26,16(2)28-20(24)27)10-9-18-7-8-19(23)29-18/h5-8,13,16H,9-12,14H2,1-4H3,(H2,24,27)/t16-,22+/m0/s1. The highest BCUT2D eigenvalue weighted by Gasteiger charge is 2.47. The summed E-state index contributed by atoms with van der Waals surface area (Å²) in [5.74, 6) is 0. The number of carbonyl (C=O) groups excluding carboxylic acids is 1. The molecular weight excluding hydrogens is 389 g/mol. The SMILES string of the molecule is Cc1ccc(C(C)(C)N2CC[C@@](CCc3ccc(F)s3)([C@H](C)OC(N)=O)C2)cn1. The van der Waals surface area contributed by atoms with E-state index in [2.05, 4.69) is 29.8 Å². The molecule has 1 fully saturated rings. The minimum Gasteiger partial charge on any atom is -0.446 e. The van der Waals surface area contributed by atoms with Crippen molar-refractivity contribution in [2.24, 2.45) is 11.1 Å². The fourth-order valence-electron chi connectivity index (χ4n) is 4.28. The zero-order valence-corrected chi connectivity index (χ0v) is 18.4. The number of carbonyl (C=O) groups is 1. The van der Waals surface area contributed by atoms with Crippen molar-refractivity contribution in [3.63, 3.8) is 0 Å². The maximum absolute atomic E-state index is 13.4. The molecule has 1 aliphatic heterocycles. The maximum atomic E-state index is 13.4. The summed E-state index contributed by atoms with van der Waals surface area (Å²) in [5.41, 5.74) is 7.04. The van der Waals surface area contributed by atoms with Gasteiger partial charge in [-0.2, -0.15) is 4.39 Å². The average molecular weight is 420 g/mol. The molecule has 2 aromatic heterocycles. The number of nitrogens with zero attached hydrogens (tertiary/aromatic N) is 2. The highest BCUT2D eigenvalue weighted by Crippen LogP contribution is 2.44. The minimum atomic E-state index is -0.750. The van der Waals surface area contributed by atoms with Crippen LogP contribution in [0.15, 0.2) is 30.5 Å². The molecule has 2 atom stereocenters. The molecule has 5 nitrogen and oxygen atoms in total. The lowest BCUT2D eigenvalue weighted by Crippen LogP contribution is -2.45. The number of ether oxygens (including phenoxy) is 1. The van der Waals surface area contributed by atoms with Crippen molar-refractivity contribution in [1.29, 1.82) is 0 Å². The van der Waals surface area contributed by atoms with E-state index in [4.69, 9.17) is 10.5 Å². The van der Waals surface area contributed by atoms with Crippen LogP contribution in [0.2, 0.25) is 0 Å². The van der Waals surface area contributed by atoms with Crippen LogP contribution in [-0.2, 0) is 16.7 Å². The van der Waals surface area contributed by atoms with Crippen molar-refractivity contribution in [1.82, 2.24) is 9.88 Å². The minimum absolute atomic E-state index is 0.170. The van der Waals surface area contributed by atoms with Crippen LogP contribution in [0.5, 0.6) is 0 Å². The van der Waals surface area contributed by atoms with Crippen LogP contribution in [-0.4, -0.2) is 35.2 Å². The third-order valence-electron chi connectivity index (χ3n) is 6.45. The summed E-state index contributed by atoms with van der Waals surface area (Å²) >= 11 is 1.18. The molecule has 1 aliphatic rings. The van der Waals surface area contributed by atoms with Gasteiger partial charge in [-0.05, 0) is 77.3 Å². The fourth-order valence-corrected chi connectivity index (χ4v) is 5.01. The predicted molar refractivity (Wildman–Crippen MR) is 113 cm³/mol. The largest absolute Gasteiger partial charge is 0.446 e. The summed E-state index contributed by atoms with van der Waals surface area (Å²) in [6, 6.07) is 7.50. The second-order valence-electron chi connectivity index (χ2n) is 8.57. The topological polar surface area (TPSA) is 68.5 Å². The highest BCUT2D eigenvalue weighted by molar-refractivity contribution is 7.10. The Bertz CT molecular complexity index is 852. The first kappa shape index (κ1) is 21.7. The molecule has 3 rings (SSSR count). The van der Waals surface area contributed by atoms with E-state index in [1.54, 1.807) is 0 Å². The molecule has 3 heterocycles. The van der Waals surface area contributed by atoms with E-state index in [0.717, 1.165) is 48.5 Å². The summed E-state index contributed by atoms with van der Waals surface area (Å²) in [6.45, 7) is 9.95. The second kappa shape index (κ2) is 8.40. The lowest BCUT2D eigenvalue weighted by atomic mass is 9.77. The molecule has 0 spiro atoms. The van der Waals surface area contributed by atoms with Crippen molar-refractivity contribution >= 4 is 17.4 Å². The first-order chi connectivity index (χ1) is 13.6. The Morgan fingerprint density at radius 2 is 2.17 bits per heavy atom. The van der Waals surface area contributed by atoms with Crippen LogP contribution in [0, 0.1) is 17.5 Å². The van der Waals surface area contributed by atoms with Crippen LogP contribution in [0.4, 0.5) is 9.18 Å². The third kappa shape index (κ3) is 4.78. The highest BCUT2D eigenvalue weighted by atomic mass is 32.1. The summed E-state index contributed by atoms with van der Waals surface area (Å²) in [4.78, 5) is 19.3. The van der Waals surface area contributed by atoms with Crippen molar-refractivity contribution in [3.05, 3.63) is 51.7 Å². The summed E-state index contributed by atoms with van der Waals surface area (Å²) < 4.78 is 18.8. The first-order valence-electron chi connectivity index (χ1n) is 10.0. The number of hydrogen-bond donors (Lipinski definition) is 1. The van der Waals surface area contributed by atoms with Gasteiger partial charge in [-0.1, -0.05) is 6.07 Å². The molecule has 0 radical (unpaired) electrons. The number of amides is 1. The van der Waals surface area contributed by atoms with E-state index in [9.17, 15) is 9.18 Å². The van der Waals surface area contributed by atoms with Crippen LogP contribution in [0.25, 0.3) is 0 Å². The number of nitrogens with two attached hydrogens (primary N) is 1. The third-order valence-corrected chi connectivity index (χ3v) is 7.38. The van der Waals surface area contributed by atoms with Crippen LogP contribution in [0.3, 0.4) is 0 Å². The van der Waals surface area contributed by atoms with Crippen molar-refractivity contribution in [3.8, 4) is 0 Å². The van der Waals surface area contributed by atoms with Gasteiger partial charge in [0, 0.05) is 34.3 Å². The molecule has 0 unspecified atom stereocenters. The van der Waals surface area contributed by atoms with E-state index in [-0.39, 0.29) is 22.2 Å². The Kier molecular flexibility index (Phi) is 6.29. The van der Waals surface area contributed by atoms with Crippen molar-refractivity contribution in [2.75, 3.05) is 13.1 Å². The lowest BCUT2D eigenvalue weighted by Gasteiger charge is -2.39. The molecule has 0 bridgehead atoms. The number of likely N-dealkylation sites (tertiary alicyclic amines) is 1. The molecule has 29 heavy (non-hydrogen) atoms. The first-order valence-corrected chi connectivity index (χ1v) is 10.8. The van der Waals surface area contributed by atoms with Gasteiger partial charge < -0.3 is 10.5 Å². The molecule has 1 saturated heterocycles. The lowest BCUT2D eigenvalue weighted by molar-refractivity contribution is 0.0115. The van der Waals surface area contributed by atoms with Gasteiger partial charge in [-0.15, -0.1) is 11.3 Å². The zero-order valence-electron chi connectivity index (χ0n) is 17.6. The molecule has 0 aliphatic carbocycles. The molecule has 7 heteroatoms. The Labute approximate surface area is 176 Å². The summed E-state index contributed by atoms with van der Waals surface area (Å²) in [5, 5.41) is -0.170. The summed E-state index contributed by atoms with van der Waals surface area (Å²) in [7, 11) is 0. The van der Waals surface area contributed by atoms with Gasteiger partial charge in [0.25, 0.3) is 0 Å². The van der Waals surface area contributed by atoms with Crippen LogP contribution < -0.4 is 5.73 Å². The molecule has 1 amide bonds. The van der Waals surface area contributed by atoms with Crippen molar-refractivity contribution < 1.29 is 13.9 Å². The number of halogens is 1. The molecule has 2 N–H and O–H groups in total. The van der Waals surface area contributed by atoms with E-state index in [0.29, 0.717) is 0 Å². The molecule has 0 aromatic carbocycles. The molecule has 158 valence electrons. The zero-order chi connectivity index (χ0) is 21.2. The van der Waals surface area contributed by atoms with Gasteiger partial charge in [0.15, 0.2) is 5.13 Å². The van der Waals surface area contributed by atoms with Gasteiger partial charge in [0.05, 0.1) is 0 Å². The van der Waals surface area contributed by atoms with Gasteiger partial charge in [0.1, 0.15) is 6.10 Å². The quantitative estimate of drug-likeness (QED) is 0.710. The van der Waals surface area contributed by atoms with Gasteiger partial charge >= 0.3 is 6.09 Å². The smallest absolute Gasteiger partial charge is 0.404 e. The number of pyridine rings is 1. The average Bonchev–Trinajstić information content (AvgIpc) is 3.27. The van der Waals surface area contributed by atoms with Gasteiger partial charge in [0.2, 0.25) is 0 Å². The Morgan fingerprint density at radius 1 is 1.41 bits per heavy atom. The van der Waals surface area contributed by atoms with Crippen LogP contribution in [0.1, 0.15) is 49.7 Å². The Hall–Kier alpha value is -1.99. The van der Waals surface area contributed by atoms with E-state index in [1.165, 1.54) is 17.4 Å². The number of thiophene rings is 1. The molecule has 2 aromatic rings.